The smallest absolute Gasteiger partial charge is 0.374 e. The Balaban J connectivity index is 1.98. The van der Waals surface area contributed by atoms with Crippen LogP contribution in [0.25, 0.3) is 0 Å². The fourth-order valence-corrected chi connectivity index (χ4v) is 2.86. The first-order chi connectivity index (χ1) is 12.6. The van der Waals surface area contributed by atoms with E-state index in [1.807, 2.05) is 12.1 Å². The van der Waals surface area contributed by atoms with E-state index in [1.54, 1.807) is 0 Å². The molecule has 1 N–H and O–H groups in total. The molecule has 0 fully saturated rings. The van der Waals surface area contributed by atoms with E-state index >= 15 is 0 Å². The predicted octanol–water partition coefficient (Wildman–Crippen LogP) is 6.59. The Morgan fingerprint density at radius 3 is 1.85 bits per heavy atom. The van der Waals surface area contributed by atoms with E-state index < -0.39 is 18.3 Å². The van der Waals surface area contributed by atoms with Gasteiger partial charge in [-0.1, -0.05) is 71.4 Å². The second kappa shape index (κ2) is 11.3. The van der Waals surface area contributed by atoms with Crippen LogP contribution >= 0.6 is 0 Å². The molecule has 0 aliphatic rings. The number of carboxylic acids is 1. The highest BCUT2D eigenvalue weighted by molar-refractivity contribution is 5.75. The maximum atomic E-state index is 12.9. The van der Waals surface area contributed by atoms with Crippen molar-refractivity contribution in [1.82, 2.24) is 0 Å². The molecule has 0 aliphatic heterocycles. The largest absolute Gasteiger partial charge is 0.494 e. The average Bonchev–Trinajstić information content (AvgIpc) is 2.59. The molecule has 1 rings (SSSR count). The highest BCUT2D eigenvalue weighted by Gasteiger charge is 2.37. The molecule has 0 bridgehead atoms. The second-order valence-electron chi connectivity index (χ2n) is 8.21. The lowest BCUT2D eigenvalue weighted by Gasteiger charge is -2.19. The molecule has 154 valence electrons. The third-order valence-corrected chi connectivity index (χ3v) is 4.69. The number of rotatable bonds is 13. The van der Waals surface area contributed by atoms with Crippen LogP contribution in [-0.2, 0) is 10.2 Å². The Labute approximate surface area is 162 Å². The van der Waals surface area contributed by atoms with Crippen molar-refractivity contribution >= 4 is 5.97 Å². The van der Waals surface area contributed by atoms with Crippen molar-refractivity contribution in [2.75, 3.05) is 6.61 Å². The van der Waals surface area contributed by atoms with Crippen molar-refractivity contribution in [3.05, 3.63) is 29.8 Å². The summed E-state index contributed by atoms with van der Waals surface area (Å²) >= 11 is 0. The van der Waals surface area contributed by atoms with Gasteiger partial charge < -0.3 is 9.84 Å². The molecule has 0 atom stereocenters. The lowest BCUT2D eigenvalue weighted by molar-refractivity contribution is -0.165. The summed E-state index contributed by atoms with van der Waals surface area (Å²) in [6, 6.07) is 8.27. The molecular formula is C22H34F2O3. The van der Waals surface area contributed by atoms with Gasteiger partial charge in [-0.2, -0.15) is 8.78 Å². The predicted molar refractivity (Wildman–Crippen MR) is 105 cm³/mol. The van der Waals surface area contributed by atoms with Crippen molar-refractivity contribution < 1.29 is 23.4 Å². The number of hydrogen-bond acceptors (Lipinski definition) is 2. The van der Waals surface area contributed by atoms with Gasteiger partial charge in [0, 0.05) is 6.42 Å². The number of carbonyl (C=O) groups is 1. The van der Waals surface area contributed by atoms with E-state index in [0.29, 0.717) is 13.0 Å². The molecule has 0 heterocycles. The molecule has 0 aliphatic carbocycles. The van der Waals surface area contributed by atoms with Crippen molar-refractivity contribution in [2.45, 2.75) is 89.9 Å². The summed E-state index contributed by atoms with van der Waals surface area (Å²) in [7, 11) is 0. The van der Waals surface area contributed by atoms with Crippen molar-refractivity contribution in [1.29, 1.82) is 0 Å². The van der Waals surface area contributed by atoms with Crippen LogP contribution in [-0.4, -0.2) is 23.6 Å². The first-order valence-corrected chi connectivity index (χ1v) is 9.97. The number of carboxylic acid groups (broad SMARTS) is 1. The summed E-state index contributed by atoms with van der Waals surface area (Å²) in [5.74, 6) is -4.69. The average molecular weight is 385 g/mol. The molecule has 5 heteroatoms. The highest BCUT2D eigenvalue weighted by atomic mass is 19.3. The molecule has 0 spiro atoms. The lowest BCUT2D eigenvalue weighted by atomic mass is 9.87. The Morgan fingerprint density at radius 2 is 1.37 bits per heavy atom. The third kappa shape index (κ3) is 9.73. The molecule has 0 saturated carbocycles. The number of hydrogen-bond donors (Lipinski definition) is 1. The number of aliphatic carboxylic acids is 1. The Morgan fingerprint density at radius 1 is 0.889 bits per heavy atom. The van der Waals surface area contributed by atoms with E-state index in [9.17, 15) is 13.6 Å². The van der Waals surface area contributed by atoms with Gasteiger partial charge >= 0.3 is 11.9 Å². The molecule has 1 aromatic carbocycles. The van der Waals surface area contributed by atoms with Crippen molar-refractivity contribution in [3.8, 4) is 5.75 Å². The summed E-state index contributed by atoms with van der Waals surface area (Å²) in [5, 5.41) is 8.34. The maximum absolute atomic E-state index is 12.9. The van der Waals surface area contributed by atoms with E-state index in [4.69, 9.17) is 9.84 Å². The van der Waals surface area contributed by atoms with E-state index in [2.05, 4.69) is 32.9 Å². The van der Waals surface area contributed by atoms with Crippen LogP contribution < -0.4 is 4.74 Å². The zero-order valence-electron chi connectivity index (χ0n) is 16.9. The zero-order chi connectivity index (χ0) is 20.3. The Hall–Kier alpha value is -1.65. The standard InChI is InChI=1S/C22H34F2O3/c1-21(2,3)18-12-14-19(15-13-18)27-17-11-9-7-5-4-6-8-10-16-22(23,24)20(25)26/h12-15H,4-11,16-17H2,1-3H3,(H,25,26). The quantitative estimate of drug-likeness (QED) is 0.390. The summed E-state index contributed by atoms with van der Waals surface area (Å²) in [5.41, 5.74) is 1.44. The van der Waals surface area contributed by atoms with Crippen LogP contribution in [0.4, 0.5) is 8.78 Å². The van der Waals surface area contributed by atoms with Gasteiger partial charge in [-0.05, 0) is 36.0 Å². The van der Waals surface area contributed by atoms with Crippen LogP contribution in [0.5, 0.6) is 5.75 Å². The van der Waals surface area contributed by atoms with E-state index in [0.717, 1.165) is 44.3 Å². The van der Waals surface area contributed by atoms with Crippen LogP contribution in [0.2, 0.25) is 0 Å². The SMILES string of the molecule is CC(C)(C)c1ccc(OCCCCCCCCCCC(F)(F)C(=O)O)cc1. The van der Waals surface area contributed by atoms with Gasteiger partial charge in [0.15, 0.2) is 0 Å². The molecule has 0 unspecified atom stereocenters. The number of halogens is 2. The van der Waals surface area contributed by atoms with Crippen LogP contribution in [0.15, 0.2) is 24.3 Å². The topological polar surface area (TPSA) is 46.5 Å². The van der Waals surface area contributed by atoms with E-state index in [1.165, 1.54) is 5.56 Å². The molecular weight excluding hydrogens is 350 g/mol. The van der Waals surface area contributed by atoms with Crippen LogP contribution in [0, 0.1) is 0 Å². The van der Waals surface area contributed by atoms with Gasteiger partial charge in [-0.25, -0.2) is 4.79 Å². The summed E-state index contributed by atoms with van der Waals surface area (Å²) in [6.07, 6.45) is 6.55. The second-order valence-corrected chi connectivity index (χ2v) is 8.21. The minimum absolute atomic E-state index is 0.148. The normalized spacial score (nSPS) is 12.2. The molecule has 27 heavy (non-hydrogen) atoms. The van der Waals surface area contributed by atoms with E-state index in [-0.39, 0.29) is 11.8 Å². The summed E-state index contributed by atoms with van der Waals surface area (Å²) in [4.78, 5) is 10.3. The molecule has 1 aromatic rings. The highest BCUT2D eigenvalue weighted by Crippen LogP contribution is 2.24. The third-order valence-electron chi connectivity index (χ3n) is 4.69. The summed E-state index contributed by atoms with van der Waals surface area (Å²) in [6.45, 7) is 7.27. The first kappa shape index (κ1) is 23.4. The lowest BCUT2D eigenvalue weighted by Crippen LogP contribution is -2.27. The Bertz CT molecular complexity index is 548. The summed E-state index contributed by atoms with van der Waals surface area (Å²) < 4.78 is 31.5. The fourth-order valence-electron chi connectivity index (χ4n) is 2.86. The molecule has 0 amide bonds. The van der Waals surface area contributed by atoms with Gasteiger partial charge in [-0.3, -0.25) is 0 Å². The number of benzene rings is 1. The van der Waals surface area contributed by atoms with Crippen LogP contribution in [0.3, 0.4) is 0 Å². The molecule has 0 saturated heterocycles. The van der Waals surface area contributed by atoms with Crippen molar-refractivity contribution in [3.63, 3.8) is 0 Å². The number of ether oxygens (including phenoxy) is 1. The van der Waals surface area contributed by atoms with Gasteiger partial charge in [-0.15, -0.1) is 0 Å². The molecule has 0 radical (unpaired) electrons. The molecule has 0 aromatic heterocycles. The monoisotopic (exact) mass is 384 g/mol. The Kier molecular flexibility index (Phi) is 9.75. The zero-order valence-corrected chi connectivity index (χ0v) is 16.9. The first-order valence-electron chi connectivity index (χ1n) is 9.97. The van der Waals surface area contributed by atoms with Gasteiger partial charge in [0.2, 0.25) is 0 Å². The minimum Gasteiger partial charge on any atom is -0.494 e. The number of unbranched alkanes of at least 4 members (excludes halogenated alkanes) is 7. The number of alkyl halides is 2. The van der Waals surface area contributed by atoms with Crippen molar-refractivity contribution in [2.24, 2.45) is 0 Å². The fraction of sp³-hybridized carbons (Fsp3) is 0.682. The maximum Gasteiger partial charge on any atom is 0.374 e. The van der Waals surface area contributed by atoms with Crippen LogP contribution in [0.1, 0.15) is 84.1 Å². The van der Waals surface area contributed by atoms with Gasteiger partial charge in [0.1, 0.15) is 5.75 Å². The van der Waals surface area contributed by atoms with Gasteiger partial charge in [0.05, 0.1) is 6.61 Å². The van der Waals surface area contributed by atoms with Gasteiger partial charge in [0.25, 0.3) is 0 Å². The molecule has 3 nitrogen and oxygen atoms in total. The minimum atomic E-state index is -3.58.